The number of amides is 2. The number of urea groups is 1. The molecular weight excluding hydrogens is 360 g/mol. The average molecular weight is 389 g/mol. The maximum atomic E-state index is 13.3. The van der Waals surface area contributed by atoms with Crippen LogP contribution in [0.4, 0.5) is 21.9 Å². The van der Waals surface area contributed by atoms with Gasteiger partial charge in [0.05, 0.1) is 11.4 Å². The van der Waals surface area contributed by atoms with Crippen molar-refractivity contribution in [1.82, 2.24) is 0 Å². The standard InChI is InChI=1S/C25H28N2O2/c1-17(2)22-15-19(16-23(18(3)4)24(22)28)26-25(29)27(20-11-7-5-8-12-20)21-13-9-6-10-14-21/h5-18,28H,1-4H3,(H,26,29). The molecule has 0 heterocycles. The first-order valence-corrected chi connectivity index (χ1v) is 9.96. The first-order chi connectivity index (χ1) is 13.9. The summed E-state index contributed by atoms with van der Waals surface area (Å²) in [6.45, 7) is 8.13. The molecule has 2 amide bonds. The molecule has 2 N–H and O–H groups in total. The smallest absolute Gasteiger partial charge is 0.330 e. The molecule has 0 unspecified atom stereocenters. The Labute approximate surface area is 172 Å². The van der Waals surface area contributed by atoms with Gasteiger partial charge in [-0.3, -0.25) is 4.90 Å². The zero-order chi connectivity index (χ0) is 21.0. The number of anilines is 3. The Hall–Kier alpha value is -3.27. The Morgan fingerprint density at radius 1 is 0.793 bits per heavy atom. The quantitative estimate of drug-likeness (QED) is 0.462. The van der Waals surface area contributed by atoms with Crippen molar-refractivity contribution in [2.45, 2.75) is 39.5 Å². The minimum Gasteiger partial charge on any atom is -0.507 e. The summed E-state index contributed by atoms with van der Waals surface area (Å²) in [5.41, 5.74) is 3.90. The van der Waals surface area contributed by atoms with E-state index in [-0.39, 0.29) is 17.9 Å². The molecule has 0 saturated heterocycles. The molecule has 0 aliphatic rings. The normalized spacial score (nSPS) is 11.0. The number of nitrogens with one attached hydrogen (secondary N) is 1. The van der Waals surface area contributed by atoms with E-state index in [9.17, 15) is 9.90 Å². The van der Waals surface area contributed by atoms with Crippen LogP contribution in [0.3, 0.4) is 0 Å². The molecular formula is C25H28N2O2. The molecule has 0 atom stereocenters. The molecule has 0 radical (unpaired) electrons. The van der Waals surface area contributed by atoms with Crippen LogP contribution in [0.25, 0.3) is 0 Å². The monoisotopic (exact) mass is 388 g/mol. The zero-order valence-corrected chi connectivity index (χ0v) is 17.4. The van der Waals surface area contributed by atoms with Crippen LogP contribution in [0, 0.1) is 0 Å². The van der Waals surface area contributed by atoms with E-state index in [1.807, 2.05) is 100 Å². The van der Waals surface area contributed by atoms with Gasteiger partial charge in [0, 0.05) is 5.69 Å². The number of phenols is 1. The number of phenolic OH excluding ortho intramolecular Hbond substituents is 1. The van der Waals surface area contributed by atoms with Gasteiger partial charge in [0.2, 0.25) is 0 Å². The summed E-state index contributed by atoms with van der Waals surface area (Å²) in [4.78, 5) is 15.0. The summed E-state index contributed by atoms with van der Waals surface area (Å²) in [6.07, 6.45) is 0. The molecule has 0 fully saturated rings. The lowest BCUT2D eigenvalue weighted by atomic mass is 9.93. The molecule has 4 heteroatoms. The minimum absolute atomic E-state index is 0.142. The van der Waals surface area contributed by atoms with Crippen molar-refractivity contribution in [2.24, 2.45) is 0 Å². The number of benzene rings is 3. The highest BCUT2D eigenvalue weighted by Gasteiger charge is 2.20. The van der Waals surface area contributed by atoms with E-state index in [1.165, 1.54) is 0 Å². The summed E-state index contributed by atoms with van der Waals surface area (Å²) in [5, 5.41) is 13.7. The largest absolute Gasteiger partial charge is 0.507 e. The fourth-order valence-electron chi connectivity index (χ4n) is 3.35. The lowest BCUT2D eigenvalue weighted by Crippen LogP contribution is -2.30. The second-order valence-corrected chi connectivity index (χ2v) is 7.75. The number of para-hydroxylation sites is 2. The zero-order valence-electron chi connectivity index (χ0n) is 17.4. The van der Waals surface area contributed by atoms with Crippen molar-refractivity contribution < 1.29 is 9.90 Å². The van der Waals surface area contributed by atoms with E-state index >= 15 is 0 Å². The highest BCUT2D eigenvalue weighted by Crippen LogP contribution is 2.37. The number of nitrogens with zero attached hydrogens (tertiary/aromatic N) is 1. The first-order valence-electron chi connectivity index (χ1n) is 9.96. The van der Waals surface area contributed by atoms with Crippen molar-refractivity contribution in [3.63, 3.8) is 0 Å². The highest BCUT2D eigenvalue weighted by atomic mass is 16.3. The SMILES string of the molecule is CC(C)c1cc(NC(=O)N(c2ccccc2)c2ccccc2)cc(C(C)C)c1O. The Bertz CT molecular complexity index is 898. The second-order valence-electron chi connectivity index (χ2n) is 7.75. The summed E-state index contributed by atoms with van der Waals surface area (Å²) in [5.74, 6) is 0.600. The molecule has 0 aliphatic heterocycles. The molecule has 3 rings (SSSR count). The number of hydrogen-bond donors (Lipinski definition) is 2. The minimum atomic E-state index is -0.252. The molecule has 3 aromatic rings. The van der Waals surface area contributed by atoms with Crippen LogP contribution >= 0.6 is 0 Å². The third-order valence-corrected chi connectivity index (χ3v) is 4.90. The maximum absolute atomic E-state index is 13.3. The van der Waals surface area contributed by atoms with E-state index in [0.29, 0.717) is 11.4 Å². The van der Waals surface area contributed by atoms with E-state index in [0.717, 1.165) is 22.5 Å². The Balaban J connectivity index is 2.00. The topological polar surface area (TPSA) is 52.6 Å². The van der Waals surface area contributed by atoms with Crippen LogP contribution in [0.5, 0.6) is 5.75 Å². The van der Waals surface area contributed by atoms with Gasteiger partial charge >= 0.3 is 6.03 Å². The van der Waals surface area contributed by atoms with Crippen LogP contribution in [-0.4, -0.2) is 11.1 Å². The van der Waals surface area contributed by atoms with Gasteiger partial charge in [0.25, 0.3) is 0 Å². The summed E-state index contributed by atoms with van der Waals surface area (Å²) in [6, 6.07) is 22.6. The summed E-state index contributed by atoms with van der Waals surface area (Å²) in [7, 11) is 0. The van der Waals surface area contributed by atoms with Crippen molar-refractivity contribution in [2.75, 3.05) is 10.2 Å². The van der Waals surface area contributed by atoms with Gasteiger partial charge in [-0.1, -0.05) is 64.1 Å². The molecule has 29 heavy (non-hydrogen) atoms. The number of rotatable bonds is 5. The van der Waals surface area contributed by atoms with Crippen LogP contribution in [-0.2, 0) is 0 Å². The number of hydrogen-bond acceptors (Lipinski definition) is 2. The summed E-state index contributed by atoms with van der Waals surface area (Å²) < 4.78 is 0. The lowest BCUT2D eigenvalue weighted by molar-refractivity contribution is 0.259. The predicted molar refractivity (Wildman–Crippen MR) is 120 cm³/mol. The third-order valence-electron chi connectivity index (χ3n) is 4.90. The third kappa shape index (κ3) is 4.60. The van der Waals surface area contributed by atoms with Crippen LogP contribution < -0.4 is 10.2 Å². The van der Waals surface area contributed by atoms with Gasteiger partial charge < -0.3 is 10.4 Å². The fourth-order valence-corrected chi connectivity index (χ4v) is 3.35. The molecule has 150 valence electrons. The molecule has 4 nitrogen and oxygen atoms in total. The van der Waals surface area contributed by atoms with E-state index in [4.69, 9.17) is 0 Å². The number of carbonyl (C=O) groups is 1. The molecule has 0 spiro atoms. The summed E-state index contributed by atoms with van der Waals surface area (Å²) >= 11 is 0. The van der Waals surface area contributed by atoms with Crippen LogP contribution in [0.1, 0.15) is 50.7 Å². The Morgan fingerprint density at radius 3 is 1.59 bits per heavy atom. The fraction of sp³-hybridized carbons (Fsp3) is 0.240. The molecule has 0 aromatic heterocycles. The van der Waals surface area contributed by atoms with E-state index < -0.39 is 0 Å². The molecule has 0 bridgehead atoms. The lowest BCUT2D eigenvalue weighted by Gasteiger charge is -2.24. The van der Waals surface area contributed by atoms with Gasteiger partial charge in [-0.15, -0.1) is 0 Å². The molecule has 0 aliphatic carbocycles. The Morgan fingerprint density at radius 2 is 1.21 bits per heavy atom. The van der Waals surface area contributed by atoms with Gasteiger partial charge in [-0.25, -0.2) is 4.79 Å². The number of carbonyl (C=O) groups excluding carboxylic acids is 1. The molecule has 0 saturated carbocycles. The van der Waals surface area contributed by atoms with Gasteiger partial charge in [-0.2, -0.15) is 0 Å². The molecule has 3 aromatic carbocycles. The second kappa shape index (κ2) is 8.82. The van der Waals surface area contributed by atoms with Gasteiger partial charge in [0.15, 0.2) is 0 Å². The van der Waals surface area contributed by atoms with Crippen molar-refractivity contribution in [1.29, 1.82) is 0 Å². The van der Waals surface area contributed by atoms with Crippen LogP contribution in [0.2, 0.25) is 0 Å². The van der Waals surface area contributed by atoms with Crippen molar-refractivity contribution in [3.8, 4) is 5.75 Å². The predicted octanol–water partition coefficient (Wildman–Crippen LogP) is 7.01. The van der Waals surface area contributed by atoms with E-state index in [1.54, 1.807) is 4.90 Å². The maximum Gasteiger partial charge on any atom is 0.330 e. The van der Waals surface area contributed by atoms with E-state index in [2.05, 4.69) is 5.32 Å². The van der Waals surface area contributed by atoms with Gasteiger partial charge in [-0.05, 0) is 59.4 Å². The Kier molecular flexibility index (Phi) is 6.23. The highest BCUT2D eigenvalue weighted by molar-refractivity contribution is 6.07. The van der Waals surface area contributed by atoms with Crippen LogP contribution in [0.15, 0.2) is 72.8 Å². The van der Waals surface area contributed by atoms with Gasteiger partial charge in [0.1, 0.15) is 5.75 Å². The van der Waals surface area contributed by atoms with Crippen molar-refractivity contribution in [3.05, 3.63) is 83.9 Å². The number of aromatic hydroxyl groups is 1. The first kappa shape index (κ1) is 20.5. The average Bonchev–Trinajstić information content (AvgIpc) is 2.70. The van der Waals surface area contributed by atoms with Crippen molar-refractivity contribution >= 4 is 23.1 Å².